The molecule has 1 aliphatic rings. The van der Waals surface area contributed by atoms with E-state index in [9.17, 15) is 27.9 Å². The Morgan fingerprint density at radius 3 is 2.33 bits per heavy atom. The second-order valence-electron chi connectivity index (χ2n) is 12.0. The lowest BCUT2D eigenvalue weighted by atomic mass is 10.0. The van der Waals surface area contributed by atoms with Gasteiger partial charge in [-0.3, -0.25) is 9.59 Å². The molecule has 1 fully saturated rings. The fraction of sp³-hybridized carbons (Fsp3) is 0.412. The van der Waals surface area contributed by atoms with Crippen molar-refractivity contribution in [2.75, 3.05) is 30.9 Å². The summed E-state index contributed by atoms with van der Waals surface area (Å²) in [6, 6.07) is 15.0. The van der Waals surface area contributed by atoms with Crippen LogP contribution in [0.15, 0.2) is 65.6 Å². The minimum atomic E-state index is -4.08. The van der Waals surface area contributed by atoms with Gasteiger partial charge in [0.05, 0.1) is 4.90 Å². The molecule has 12 heteroatoms. The van der Waals surface area contributed by atoms with E-state index in [0.29, 0.717) is 35.2 Å². The molecule has 3 aromatic carbocycles. The molecule has 0 aliphatic carbocycles. The van der Waals surface area contributed by atoms with Crippen molar-refractivity contribution in [3.63, 3.8) is 0 Å². The molecule has 11 nitrogen and oxygen atoms in total. The van der Waals surface area contributed by atoms with E-state index in [2.05, 4.69) is 10.6 Å². The van der Waals surface area contributed by atoms with Crippen LogP contribution in [-0.4, -0.2) is 74.0 Å². The Labute approximate surface area is 270 Å². The van der Waals surface area contributed by atoms with Crippen molar-refractivity contribution >= 4 is 55.7 Å². The van der Waals surface area contributed by atoms with Gasteiger partial charge in [0.25, 0.3) is 0 Å². The number of rotatable bonds is 15. The quantitative estimate of drug-likeness (QED) is 0.136. The first-order valence-corrected chi connectivity index (χ1v) is 17.0. The van der Waals surface area contributed by atoms with Crippen LogP contribution in [0.1, 0.15) is 57.4 Å². The number of anilines is 2. The summed E-state index contributed by atoms with van der Waals surface area (Å²) < 4.78 is 29.1. The number of sulfonamides is 1. The summed E-state index contributed by atoms with van der Waals surface area (Å²) in [5.74, 6) is -2.00. The summed E-state index contributed by atoms with van der Waals surface area (Å²) in [7, 11) is -0.314. The molecule has 0 spiro atoms. The predicted molar refractivity (Wildman–Crippen MR) is 180 cm³/mol. The molecule has 4 N–H and O–H groups in total. The van der Waals surface area contributed by atoms with Crippen LogP contribution in [0, 0.1) is 5.41 Å². The number of nitrogens with zero attached hydrogens (tertiary/aromatic N) is 2. The third-order valence-electron chi connectivity index (χ3n) is 8.18. The van der Waals surface area contributed by atoms with E-state index in [1.807, 2.05) is 31.1 Å². The van der Waals surface area contributed by atoms with Gasteiger partial charge in [-0.15, -0.1) is 0 Å². The Hall–Kier alpha value is -4.29. The average molecular weight is 650 g/mol. The monoisotopic (exact) mass is 649 g/mol. The smallest absolute Gasteiger partial charge is 0.326 e. The van der Waals surface area contributed by atoms with Gasteiger partial charge in [-0.05, 0) is 68.9 Å². The SMILES string of the molecule is CC(=N)CCCCCC(=O)Nc1ccc(C[C@H](NC(=O)C2CCCN2S(=O)(=O)c2cccc3c(N(C)C)cccc23)C(=O)O)cc1. The van der Waals surface area contributed by atoms with E-state index in [-0.39, 0.29) is 30.2 Å². The number of amides is 2. The summed E-state index contributed by atoms with van der Waals surface area (Å²) in [4.78, 5) is 39.9. The maximum atomic E-state index is 14.0. The molecule has 1 aliphatic heterocycles. The minimum Gasteiger partial charge on any atom is -0.480 e. The number of carboxylic acids is 1. The standard InChI is InChI=1S/C34H43N5O6S/c1-23(35)10-5-4-6-16-32(40)36-25-19-17-24(18-20-25)22-28(34(42)43)37-33(41)30-14-9-21-39(30)46(44,45)31-15-8-11-26-27(31)12-7-13-29(26)38(2)3/h7-8,11-13,15,17-20,28,30,35H,4-6,9-10,14,16,21-22H2,1-3H3,(H,36,40)(H,37,41)(H,42,43)/t28-,30?/m0/s1. The van der Waals surface area contributed by atoms with Gasteiger partial charge in [-0.25, -0.2) is 13.2 Å². The summed E-state index contributed by atoms with van der Waals surface area (Å²) >= 11 is 0. The Balaban J connectivity index is 1.40. The molecule has 0 radical (unpaired) electrons. The fourth-order valence-corrected chi connectivity index (χ4v) is 7.66. The lowest BCUT2D eigenvalue weighted by Crippen LogP contribution is -2.51. The van der Waals surface area contributed by atoms with Crippen LogP contribution in [0.5, 0.6) is 0 Å². The Morgan fingerprint density at radius 2 is 1.65 bits per heavy atom. The number of aliphatic carboxylic acids is 1. The van der Waals surface area contributed by atoms with Crippen LogP contribution in [0.2, 0.25) is 0 Å². The zero-order chi connectivity index (χ0) is 33.4. The molecule has 3 aromatic rings. The number of unbranched alkanes of at least 4 members (excludes halogenated alkanes) is 2. The van der Waals surface area contributed by atoms with Crippen LogP contribution in [-0.2, 0) is 30.8 Å². The van der Waals surface area contributed by atoms with Crippen molar-refractivity contribution < 1.29 is 27.9 Å². The van der Waals surface area contributed by atoms with E-state index in [4.69, 9.17) is 5.41 Å². The van der Waals surface area contributed by atoms with Crippen LogP contribution >= 0.6 is 0 Å². The first-order chi connectivity index (χ1) is 21.9. The van der Waals surface area contributed by atoms with Gasteiger partial charge in [0.15, 0.2) is 0 Å². The summed E-state index contributed by atoms with van der Waals surface area (Å²) in [5, 5.41) is 24.1. The van der Waals surface area contributed by atoms with E-state index < -0.39 is 34.0 Å². The van der Waals surface area contributed by atoms with Gasteiger partial charge in [0.1, 0.15) is 12.1 Å². The highest BCUT2D eigenvalue weighted by atomic mass is 32.2. The van der Waals surface area contributed by atoms with Crippen molar-refractivity contribution in [3.05, 3.63) is 66.2 Å². The number of fused-ring (bicyclic) bond motifs is 1. The molecule has 0 bridgehead atoms. The zero-order valence-electron chi connectivity index (χ0n) is 26.6. The molecule has 1 heterocycles. The fourth-order valence-electron chi connectivity index (χ4n) is 5.80. The summed E-state index contributed by atoms with van der Waals surface area (Å²) in [6.07, 6.45) is 4.33. The maximum Gasteiger partial charge on any atom is 0.326 e. The maximum absolute atomic E-state index is 14.0. The second kappa shape index (κ2) is 15.3. The lowest BCUT2D eigenvalue weighted by molar-refractivity contribution is -0.142. The highest BCUT2D eigenvalue weighted by Gasteiger charge is 2.41. The lowest BCUT2D eigenvalue weighted by Gasteiger charge is -2.26. The number of hydrogen-bond donors (Lipinski definition) is 4. The van der Waals surface area contributed by atoms with Gasteiger partial charge in [0, 0.05) is 61.3 Å². The van der Waals surface area contributed by atoms with Gasteiger partial charge >= 0.3 is 5.97 Å². The zero-order valence-corrected chi connectivity index (χ0v) is 27.4. The van der Waals surface area contributed by atoms with Crippen molar-refractivity contribution in [3.8, 4) is 0 Å². The molecule has 1 unspecified atom stereocenters. The Bertz CT molecular complexity index is 1690. The molecular formula is C34H43N5O6S. The largest absolute Gasteiger partial charge is 0.480 e. The van der Waals surface area contributed by atoms with Crippen LogP contribution in [0.3, 0.4) is 0 Å². The van der Waals surface area contributed by atoms with E-state index >= 15 is 0 Å². The first kappa shape index (κ1) is 34.6. The summed E-state index contributed by atoms with van der Waals surface area (Å²) in [6.45, 7) is 1.92. The molecule has 2 amide bonds. The van der Waals surface area contributed by atoms with Crippen molar-refractivity contribution in [1.82, 2.24) is 9.62 Å². The Morgan fingerprint density at radius 1 is 0.978 bits per heavy atom. The van der Waals surface area contributed by atoms with Crippen LogP contribution in [0.25, 0.3) is 10.8 Å². The molecule has 2 atom stereocenters. The summed E-state index contributed by atoms with van der Waals surface area (Å²) in [5.41, 5.74) is 2.72. The molecule has 46 heavy (non-hydrogen) atoms. The first-order valence-electron chi connectivity index (χ1n) is 15.6. The molecular weight excluding hydrogens is 606 g/mol. The number of carbonyl (C=O) groups excluding carboxylic acids is 2. The van der Waals surface area contributed by atoms with Crippen LogP contribution in [0.4, 0.5) is 11.4 Å². The molecule has 4 rings (SSSR count). The van der Waals surface area contributed by atoms with Gasteiger partial charge in [0.2, 0.25) is 21.8 Å². The third-order valence-corrected chi connectivity index (χ3v) is 10.1. The van der Waals surface area contributed by atoms with Gasteiger partial charge in [-0.1, -0.05) is 42.8 Å². The minimum absolute atomic E-state index is 0.0160. The molecule has 0 aromatic heterocycles. The number of hydrogen-bond acceptors (Lipinski definition) is 7. The normalized spacial score (nSPS) is 15.8. The molecule has 1 saturated heterocycles. The highest BCUT2D eigenvalue weighted by Crippen LogP contribution is 2.34. The van der Waals surface area contributed by atoms with Crippen LogP contribution < -0.4 is 15.5 Å². The number of nitrogens with one attached hydrogen (secondary N) is 3. The number of carbonyl (C=O) groups is 3. The van der Waals surface area contributed by atoms with E-state index in [0.717, 1.165) is 36.8 Å². The van der Waals surface area contributed by atoms with Gasteiger partial charge in [-0.2, -0.15) is 4.31 Å². The number of benzene rings is 3. The van der Waals surface area contributed by atoms with E-state index in [1.165, 1.54) is 10.4 Å². The Kier molecular flexibility index (Phi) is 11.5. The van der Waals surface area contributed by atoms with Crippen molar-refractivity contribution in [2.24, 2.45) is 0 Å². The van der Waals surface area contributed by atoms with Gasteiger partial charge < -0.3 is 26.0 Å². The molecule has 0 saturated carbocycles. The third kappa shape index (κ3) is 8.49. The van der Waals surface area contributed by atoms with Crippen molar-refractivity contribution in [1.29, 1.82) is 5.41 Å². The van der Waals surface area contributed by atoms with E-state index in [1.54, 1.807) is 49.4 Å². The second-order valence-corrected chi connectivity index (χ2v) is 13.8. The number of carboxylic acid groups (broad SMARTS) is 1. The highest BCUT2D eigenvalue weighted by molar-refractivity contribution is 7.89. The predicted octanol–water partition coefficient (Wildman–Crippen LogP) is 4.80. The molecule has 246 valence electrons. The average Bonchev–Trinajstić information content (AvgIpc) is 3.52. The topological polar surface area (TPSA) is 160 Å². The van der Waals surface area contributed by atoms with Crippen molar-refractivity contribution in [2.45, 2.75) is 75.3 Å².